The van der Waals surface area contributed by atoms with Gasteiger partial charge in [0, 0.05) is 11.5 Å². The smallest absolute Gasteiger partial charge is 0.340 e. The molecule has 0 aliphatic carbocycles. The maximum absolute atomic E-state index is 12.4. The molecule has 3 aromatic carbocycles. The number of ether oxygens (including phenoxy) is 1. The molecule has 0 atom stereocenters. The summed E-state index contributed by atoms with van der Waals surface area (Å²) in [5, 5.41) is 15.1. The molecule has 35 heavy (non-hydrogen) atoms. The Morgan fingerprint density at radius 3 is 1.83 bits per heavy atom. The molecule has 0 bridgehead atoms. The number of carbonyl (C=O) groups excluding carboxylic acids is 1. The van der Waals surface area contributed by atoms with Gasteiger partial charge in [-0.25, -0.2) is 14.6 Å². The summed E-state index contributed by atoms with van der Waals surface area (Å²) in [6.07, 6.45) is 0.829. The monoisotopic (exact) mass is 484 g/mol. The Balaban J connectivity index is 1.86. The second kappa shape index (κ2) is 10.8. The van der Waals surface area contributed by atoms with Gasteiger partial charge in [-0.2, -0.15) is 0 Å². The third-order valence-electron chi connectivity index (χ3n) is 5.46. The molecular weight excluding hydrogens is 460 g/mol. The largest absolute Gasteiger partial charge is 0.478 e. The fraction of sp³-hybridized carbons (Fsp3) is 0.107. The number of nitrogens with zero attached hydrogens (tertiary/aromatic N) is 1. The van der Waals surface area contributed by atoms with E-state index in [1.54, 1.807) is 12.3 Å². The number of carboxylic acid groups (broad SMARTS) is 1. The molecule has 176 valence electrons. The van der Waals surface area contributed by atoms with Gasteiger partial charge in [-0.15, -0.1) is 11.3 Å². The summed E-state index contributed by atoms with van der Waals surface area (Å²) >= 11 is 1.29. The lowest BCUT2D eigenvalue weighted by molar-refractivity contribution is -0.137. The highest BCUT2D eigenvalue weighted by molar-refractivity contribution is 7.13. The van der Waals surface area contributed by atoms with Crippen molar-refractivity contribution >= 4 is 34.0 Å². The summed E-state index contributed by atoms with van der Waals surface area (Å²) in [5.74, 6) is -1.98. The first-order valence-corrected chi connectivity index (χ1v) is 11.9. The highest BCUT2D eigenvalue weighted by Gasteiger charge is 2.37. The quantitative estimate of drug-likeness (QED) is 0.183. The van der Waals surface area contributed by atoms with E-state index in [0.717, 1.165) is 22.8 Å². The highest BCUT2D eigenvalue weighted by atomic mass is 32.1. The van der Waals surface area contributed by atoms with Crippen molar-refractivity contribution in [3.8, 4) is 0 Å². The molecule has 2 N–H and O–H groups in total. The summed E-state index contributed by atoms with van der Waals surface area (Å²) < 4.78 is 5.05. The number of hydrogen-bond acceptors (Lipinski definition) is 6. The summed E-state index contributed by atoms with van der Waals surface area (Å²) in [4.78, 5) is 28.4. The lowest BCUT2D eigenvalue weighted by Crippen LogP contribution is -2.38. The van der Waals surface area contributed by atoms with Crippen molar-refractivity contribution in [2.45, 2.75) is 12.5 Å². The molecule has 0 unspecified atom stereocenters. The molecule has 7 heteroatoms. The second-order valence-corrected chi connectivity index (χ2v) is 8.49. The van der Waals surface area contributed by atoms with Gasteiger partial charge in [0.05, 0.1) is 17.9 Å². The van der Waals surface area contributed by atoms with Crippen molar-refractivity contribution < 1.29 is 19.4 Å². The number of aliphatic carboxylic acids is 1. The van der Waals surface area contributed by atoms with Gasteiger partial charge in [-0.1, -0.05) is 91.0 Å². The predicted octanol–water partition coefficient (Wildman–Crippen LogP) is 5.58. The Hall–Kier alpha value is -4.23. The van der Waals surface area contributed by atoms with Gasteiger partial charge in [-0.3, -0.25) is 0 Å². The third kappa shape index (κ3) is 5.15. The molecular formula is C28H24N2O4S. The minimum Gasteiger partial charge on any atom is -0.478 e. The molecule has 0 spiro atoms. The molecule has 0 saturated heterocycles. The van der Waals surface area contributed by atoms with Gasteiger partial charge in [0.15, 0.2) is 5.13 Å². The Morgan fingerprint density at radius 2 is 1.40 bits per heavy atom. The van der Waals surface area contributed by atoms with Crippen LogP contribution in [0.4, 0.5) is 5.13 Å². The first-order valence-electron chi connectivity index (χ1n) is 11.1. The van der Waals surface area contributed by atoms with Gasteiger partial charge in [0.2, 0.25) is 0 Å². The van der Waals surface area contributed by atoms with Crippen molar-refractivity contribution in [3.63, 3.8) is 0 Å². The Labute approximate surface area is 207 Å². The molecule has 0 saturated carbocycles. The van der Waals surface area contributed by atoms with Crippen molar-refractivity contribution in [3.05, 3.63) is 125 Å². The highest BCUT2D eigenvalue weighted by Crippen LogP contribution is 2.40. The van der Waals surface area contributed by atoms with Gasteiger partial charge < -0.3 is 15.2 Å². The van der Waals surface area contributed by atoms with E-state index in [-0.39, 0.29) is 17.9 Å². The van der Waals surface area contributed by atoms with E-state index >= 15 is 0 Å². The van der Waals surface area contributed by atoms with Gasteiger partial charge in [0.25, 0.3) is 0 Å². The number of thiazole rings is 1. The minimum atomic E-state index is -1.25. The lowest BCUT2D eigenvalue weighted by atomic mass is 9.77. The molecule has 1 heterocycles. The minimum absolute atomic E-state index is 0.103. The van der Waals surface area contributed by atoms with Crippen LogP contribution in [0.15, 0.2) is 102 Å². The standard InChI is InChI=1S/C28H24N2O4S/c1-2-34-26(33)23(18-25(31)32)24-19-35-27(29-24)30-28(20-12-6-3-7-13-20,21-14-8-4-9-15-21)22-16-10-5-11-17-22/h3-19H,2H2,1H3,(H,29,30)(H,31,32). The molecule has 6 nitrogen and oxygen atoms in total. The normalized spacial score (nSPS) is 11.6. The average molecular weight is 485 g/mol. The Morgan fingerprint density at radius 1 is 0.914 bits per heavy atom. The van der Waals surface area contributed by atoms with E-state index < -0.39 is 17.5 Å². The Kier molecular flexibility index (Phi) is 7.38. The van der Waals surface area contributed by atoms with Crippen LogP contribution in [0, 0.1) is 0 Å². The maximum Gasteiger partial charge on any atom is 0.340 e. The zero-order valence-electron chi connectivity index (χ0n) is 19.0. The number of rotatable bonds is 9. The van der Waals surface area contributed by atoms with E-state index in [2.05, 4.69) is 46.7 Å². The molecule has 0 aliphatic heterocycles. The lowest BCUT2D eigenvalue weighted by Gasteiger charge is -2.36. The van der Waals surface area contributed by atoms with Crippen LogP contribution in [0.5, 0.6) is 0 Å². The topological polar surface area (TPSA) is 88.5 Å². The molecule has 0 amide bonds. The number of carbonyl (C=O) groups is 2. The third-order valence-corrected chi connectivity index (χ3v) is 6.22. The number of hydrogen-bond donors (Lipinski definition) is 2. The van der Waals surface area contributed by atoms with Gasteiger partial charge in [-0.05, 0) is 23.6 Å². The number of anilines is 1. The summed E-state index contributed by atoms with van der Waals surface area (Å²) in [7, 11) is 0. The van der Waals surface area contributed by atoms with Crippen molar-refractivity contribution in [1.82, 2.24) is 4.98 Å². The molecule has 0 radical (unpaired) electrons. The number of nitrogens with one attached hydrogen (secondary N) is 1. The Bertz CT molecular complexity index is 1220. The van der Waals surface area contributed by atoms with E-state index in [1.807, 2.05) is 54.6 Å². The van der Waals surface area contributed by atoms with Gasteiger partial charge in [0.1, 0.15) is 5.54 Å². The van der Waals surface area contributed by atoms with Crippen LogP contribution in [0.25, 0.3) is 5.57 Å². The summed E-state index contributed by atoms with van der Waals surface area (Å²) in [6, 6.07) is 30.1. The molecule has 0 aliphatic rings. The number of benzene rings is 3. The summed E-state index contributed by atoms with van der Waals surface area (Å²) in [5.41, 5.74) is 2.34. The van der Waals surface area contributed by atoms with Crippen LogP contribution in [0.2, 0.25) is 0 Å². The zero-order chi connectivity index (χ0) is 24.7. The molecule has 4 aromatic rings. The molecule has 4 rings (SSSR count). The number of carboxylic acids is 1. The predicted molar refractivity (Wildman–Crippen MR) is 137 cm³/mol. The van der Waals surface area contributed by atoms with Crippen LogP contribution in [-0.2, 0) is 19.9 Å². The SMILES string of the molecule is CCOC(=O)C(=CC(=O)O)c1csc(NC(c2ccccc2)(c2ccccc2)c2ccccc2)n1. The van der Waals surface area contributed by atoms with Crippen molar-refractivity contribution in [1.29, 1.82) is 0 Å². The van der Waals surface area contributed by atoms with Crippen LogP contribution in [0.1, 0.15) is 29.3 Å². The average Bonchev–Trinajstić information content (AvgIpc) is 3.35. The van der Waals surface area contributed by atoms with E-state index in [9.17, 15) is 14.7 Å². The van der Waals surface area contributed by atoms with E-state index in [1.165, 1.54) is 11.3 Å². The number of esters is 1. The van der Waals surface area contributed by atoms with Gasteiger partial charge >= 0.3 is 11.9 Å². The number of aromatic nitrogens is 1. The van der Waals surface area contributed by atoms with Crippen molar-refractivity contribution in [2.24, 2.45) is 0 Å². The first-order chi connectivity index (χ1) is 17.0. The van der Waals surface area contributed by atoms with Crippen LogP contribution < -0.4 is 5.32 Å². The van der Waals surface area contributed by atoms with E-state index in [0.29, 0.717) is 5.13 Å². The fourth-order valence-electron chi connectivity index (χ4n) is 3.97. The maximum atomic E-state index is 12.4. The van der Waals surface area contributed by atoms with Crippen molar-refractivity contribution in [2.75, 3.05) is 11.9 Å². The fourth-order valence-corrected chi connectivity index (χ4v) is 4.73. The zero-order valence-corrected chi connectivity index (χ0v) is 19.9. The van der Waals surface area contributed by atoms with Crippen LogP contribution in [0.3, 0.4) is 0 Å². The molecule has 1 aromatic heterocycles. The molecule has 0 fully saturated rings. The van der Waals surface area contributed by atoms with Crippen LogP contribution >= 0.6 is 11.3 Å². The first kappa shape index (κ1) is 23.9. The summed E-state index contributed by atoms with van der Waals surface area (Å²) in [6.45, 7) is 1.79. The second-order valence-electron chi connectivity index (χ2n) is 7.63. The van der Waals surface area contributed by atoms with Crippen LogP contribution in [-0.4, -0.2) is 28.6 Å². The van der Waals surface area contributed by atoms with E-state index in [4.69, 9.17) is 4.74 Å².